The minimum absolute atomic E-state index is 0.165. The first-order chi connectivity index (χ1) is 13.0. The van der Waals surface area contributed by atoms with Gasteiger partial charge in [0.05, 0.1) is 13.0 Å². The summed E-state index contributed by atoms with van der Waals surface area (Å²) in [5.41, 5.74) is 3.32. The molecule has 1 aromatic carbocycles. The van der Waals surface area contributed by atoms with E-state index in [1.807, 2.05) is 11.8 Å². The van der Waals surface area contributed by atoms with Crippen LogP contribution in [0.1, 0.15) is 56.1 Å². The maximum atomic E-state index is 12.8. The molecule has 3 rings (SSSR count). The monoisotopic (exact) mass is 372 g/mol. The number of carbonyl (C=O) groups is 2. The number of hydrogen-bond donors (Lipinski definition) is 1. The normalized spacial score (nSPS) is 20.0. The molecule has 1 heterocycles. The summed E-state index contributed by atoms with van der Waals surface area (Å²) in [4.78, 5) is 26.1. The highest BCUT2D eigenvalue weighted by Gasteiger charge is 2.47. The molecule has 1 spiro atoms. The summed E-state index contributed by atoms with van der Waals surface area (Å²) in [7, 11) is 1.34. The Balaban J connectivity index is 1.50. The summed E-state index contributed by atoms with van der Waals surface area (Å²) in [6.45, 7) is 6.22. The van der Waals surface area contributed by atoms with Crippen molar-refractivity contribution in [1.29, 1.82) is 0 Å². The number of alkyl carbamates (subject to hydrolysis) is 1. The Hall–Kier alpha value is -2.04. The fourth-order valence-corrected chi connectivity index (χ4v) is 4.80. The molecule has 5 heteroatoms. The molecule has 1 unspecified atom stereocenters. The van der Waals surface area contributed by atoms with Gasteiger partial charge in [0.15, 0.2) is 0 Å². The molecule has 1 aliphatic carbocycles. The standard InChI is InChI=1S/C22H32N2O3/c1-4-17(15-23-21(26)27-3)20(25)24-11-9-22(10-12-24)13-18(14-22)19-8-6-5-7-16(19)2/h5-8,17-18H,4,9-15H2,1-3H3,(H,23,26). The topological polar surface area (TPSA) is 58.6 Å². The third-order valence-electron chi connectivity index (χ3n) is 6.64. The lowest BCUT2D eigenvalue weighted by molar-refractivity contribution is -0.139. The van der Waals surface area contributed by atoms with Crippen molar-refractivity contribution in [3.8, 4) is 0 Å². The lowest BCUT2D eigenvalue weighted by atomic mass is 9.55. The first kappa shape index (κ1) is 19.7. The third kappa shape index (κ3) is 4.28. The minimum atomic E-state index is -0.476. The van der Waals surface area contributed by atoms with Crippen molar-refractivity contribution >= 4 is 12.0 Å². The van der Waals surface area contributed by atoms with Crippen molar-refractivity contribution in [1.82, 2.24) is 10.2 Å². The first-order valence-electron chi connectivity index (χ1n) is 10.1. The average molecular weight is 373 g/mol. The Kier molecular flexibility index (Phi) is 6.08. The van der Waals surface area contributed by atoms with Gasteiger partial charge >= 0.3 is 6.09 Å². The van der Waals surface area contributed by atoms with Crippen molar-refractivity contribution in [3.05, 3.63) is 35.4 Å². The van der Waals surface area contributed by atoms with Crippen LogP contribution in [0.3, 0.4) is 0 Å². The van der Waals surface area contributed by atoms with Gasteiger partial charge in [-0.25, -0.2) is 4.79 Å². The Labute approximate surface area is 162 Å². The summed E-state index contributed by atoms with van der Waals surface area (Å²) in [6, 6.07) is 8.72. The van der Waals surface area contributed by atoms with Crippen LogP contribution in [0, 0.1) is 18.3 Å². The molecule has 0 aromatic heterocycles. The smallest absolute Gasteiger partial charge is 0.406 e. The van der Waals surface area contributed by atoms with Crippen LogP contribution >= 0.6 is 0 Å². The number of rotatable bonds is 5. The van der Waals surface area contributed by atoms with Gasteiger partial charge in [-0.1, -0.05) is 31.2 Å². The van der Waals surface area contributed by atoms with Crippen LogP contribution in [-0.4, -0.2) is 43.6 Å². The SMILES string of the molecule is CCC(CNC(=O)OC)C(=O)N1CCC2(CC1)CC(c1ccccc1C)C2. The molecule has 1 saturated carbocycles. The van der Waals surface area contributed by atoms with E-state index in [1.54, 1.807) is 0 Å². The molecule has 5 nitrogen and oxygen atoms in total. The van der Waals surface area contributed by atoms with Gasteiger partial charge in [-0.3, -0.25) is 4.79 Å². The number of likely N-dealkylation sites (tertiary alicyclic amines) is 1. The maximum absolute atomic E-state index is 12.8. The summed E-state index contributed by atoms with van der Waals surface area (Å²) in [5.74, 6) is 0.680. The van der Waals surface area contributed by atoms with Crippen LogP contribution in [0.2, 0.25) is 0 Å². The molecular weight excluding hydrogens is 340 g/mol. The number of aryl methyl sites for hydroxylation is 1. The van der Waals surface area contributed by atoms with E-state index in [0.717, 1.165) is 32.4 Å². The molecule has 2 aliphatic rings. The molecule has 1 aliphatic heterocycles. The second-order valence-corrected chi connectivity index (χ2v) is 8.26. The van der Waals surface area contributed by atoms with Gasteiger partial charge in [-0.2, -0.15) is 0 Å². The van der Waals surface area contributed by atoms with E-state index in [0.29, 0.717) is 17.9 Å². The zero-order valence-electron chi connectivity index (χ0n) is 16.8. The van der Waals surface area contributed by atoms with Crippen molar-refractivity contribution in [2.75, 3.05) is 26.7 Å². The zero-order chi connectivity index (χ0) is 19.4. The maximum Gasteiger partial charge on any atom is 0.406 e. The number of carbonyl (C=O) groups excluding carboxylic acids is 2. The molecule has 148 valence electrons. The Morgan fingerprint density at radius 2 is 1.93 bits per heavy atom. The van der Waals surface area contributed by atoms with E-state index >= 15 is 0 Å². The van der Waals surface area contributed by atoms with Gasteiger partial charge in [-0.15, -0.1) is 0 Å². The highest BCUT2D eigenvalue weighted by Crippen LogP contribution is 2.57. The van der Waals surface area contributed by atoms with E-state index < -0.39 is 6.09 Å². The molecule has 1 saturated heterocycles. The van der Waals surface area contributed by atoms with Crippen molar-refractivity contribution in [2.24, 2.45) is 11.3 Å². The fraction of sp³-hybridized carbons (Fsp3) is 0.636. The van der Waals surface area contributed by atoms with E-state index in [-0.39, 0.29) is 11.8 Å². The molecule has 27 heavy (non-hydrogen) atoms. The molecular formula is C22H32N2O3. The lowest BCUT2D eigenvalue weighted by Gasteiger charge is -2.53. The van der Waals surface area contributed by atoms with E-state index in [2.05, 4.69) is 41.2 Å². The van der Waals surface area contributed by atoms with Gasteiger partial charge in [0.25, 0.3) is 0 Å². The predicted molar refractivity (Wildman–Crippen MR) is 106 cm³/mol. The average Bonchev–Trinajstić information content (AvgIpc) is 2.67. The molecule has 1 aromatic rings. The molecule has 1 N–H and O–H groups in total. The number of piperidine rings is 1. The zero-order valence-corrected chi connectivity index (χ0v) is 16.8. The fourth-order valence-electron chi connectivity index (χ4n) is 4.80. The molecule has 2 fully saturated rings. The van der Waals surface area contributed by atoms with Gasteiger partial charge in [0.1, 0.15) is 0 Å². The van der Waals surface area contributed by atoms with Gasteiger partial charge in [0, 0.05) is 19.6 Å². The lowest BCUT2D eigenvalue weighted by Crippen LogP contribution is -2.50. The van der Waals surface area contributed by atoms with E-state index in [4.69, 9.17) is 0 Å². The summed E-state index contributed by atoms with van der Waals surface area (Å²) >= 11 is 0. The highest BCUT2D eigenvalue weighted by atomic mass is 16.5. The summed E-state index contributed by atoms with van der Waals surface area (Å²) in [6.07, 6.45) is 4.95. The number of amides is 2. The van der Waals surface area contributed by atoms with Crippen LogP contribution < -0.4 is 5.32 Å². The number of nitrogens with zero attached hydrogens (tertiary/aromatic N) is 1. The second kappa shape index (κ2) is 8.32. The Morgan fingerprint density at radius 3 is 2.52 bits per heavy atom. The van der Waals surface area contributed by atoms with Crippen LogP contribution in [0.25, 0.3) is 0 Å². The first-order valence-corrected chi connectivity index (χ1v) is 10.1. The van der Waals surface area contributed by atoms with Gasteiger partial charge < -0.3 is 15.0 Å². The van der Waals surface area contributed by atoms with E-state index in [1.165, 1.54) is 31.1 Å². The molecule has 0 radical (unpaired) electrons. The molecule has 0 bridgehead atoms. The van der Waals surface area contributed by atoms with Crippen LogP contribution in [0.5, 0.6) is 0 Å². The van der Waals surface area contributed by atoms with E-state index in [9.17, 15) is 9.59 Å². The predicted octanol–water partition coefficient (Wildman–Crippen LogP) is 3.86. The van der Waals surface area contributed by atoms with Gasteiger partial charge in [0.2, 0.25) is 5.91 Å². The number of methoxy groups -OCH3 is 1. The van der Waals surface area contributed by atoms with Crippen LogP contribution in [-0.2, 0) is 9.53 Å². The van der Waals surface area contributed by atoms with Gasteiger partial charge in [-0.05, 0) is 61.5 Å². The number of benzene rings is 1. The third-order valence-corrected chi connectivity index (χ3v) is 6.64. The highest BCUT2D eigenvalue weighted by molar-refractivity contribution is 5.80. The second-order valence-electron chi connectivity index (χ2n) is 8.26. The quantitative estimate of drug-likeness (QED) is 0.854. The van der Waals surface area contributed by atoms with Crippen molar-refractivity contribution in [2.45, 2.75) is 51.9 Å². The van der Waals surface area contributed by atoms with Crippen LogP contribution in [0.4, 0.5) is 4.79 Å². The summed E-state index contributed by atoms with van der Waals surface area (Å²) < 4.78 is 4.60. The Bertz CT molecular complexity index is 672. The molecule has 1 atom stereocenters. The molecule has 2 amide bonds. The number of nitrogens with one attached hydrogen (secondary N) is 1. The van der Waals surface area contributed by atoms with Crippen LogP contribution in [0.15, 0.2) is 24.3 Å². The van der Waals surface area contributed by atoms with Crippen molar-refractivity contribution < 1.29 is 14.3 Å². The Morgan fingerprint density at radius 1 is 1.26 bits per heavy atom. The van der Waals surface area contributed by atoms with Crippen molar-refractivity contribution in [3.63, 3.8) is 0 Å². The number of ether oxygens (including phenoxy) is 1. The minimum Gasteiger partial charge on any atom is -0.453 e. The largest absolute Gasteiger partial charge is 0.453 e. The number of hydrogen-bond acceptors (Lipinski definition) is 3. The summed E-state index contributed by atoms with van der Waals surface area (Å²) in [5, 5.41) is 2.66.